The number of rotatable bonds is 5. The molecule has 11 heteroatoms. The van der Waals surface area contributed by atoms with Gasteiger partial charge in [-0.2, -0.15) is 10.2 Å². The number of ether oxygens (including phenoxy) is 1. The smallest absolute Gasteiger partial charge is 0.222 e. The molecule has 1 aliphatic heterocycles. The summed E-state index contributed by atoms with van der Waals surface area (Å²) in [7, 11) is -3.40. The summed E-state index contributed by atoms with van der Waals surface area (Å²) in [6.07, 6.45) is 1.09. The van der Waals surface area contributed by atoms with Crippen molar-refractivity contribution in [3.05, 3.63) is 35.6 Å². The van der Waals surface area contributed by atoms with Crippen LogP contribution in [0.25, 0.3) is 11.3 Å². The summed E-state index contributed by atoms with van der Waals surface area (Å²) in [5.74, 6) is -0.192. The first-order valence-electron chi connectivity index (χ1n) is 8.76. The van der Waals surface area contributed by atoms with E-state index >= 15 is 0 Å². The summed E-state index contributed by atoms with van der Waals surface area (Å²) >= 11 is 0. The summed E-state index contributed by atoms with van der Waals surface area (Å²) in [6, 6.07) is 7.60. The van der Waals surface area contributed by atoms with Crippen LogP contribution in [0.1, 0.15) is 12.5 Å². The molecule has 1 fully saturated rings. The van der Waals surface area contributed by atoms with Gasteiger partial charge in [0.25, 0.3) is 0 Å². The van der Waals surface area contributed by atoms with Crippen molar-refractivity contribution in [3.8, 4) is 17.3 Å². The molecule has 0 aliphatic carbocycles. The molecule has 0 amide bonds. The third kappa shape index (κ3) is 4.79. The number of sulfonamides is 1. The largest absolute Gasteiger partial charge is 0.377 e. The van der Waals surface area contributed by atoms with Crippen molar-refractivity contribution >= 4 is 21.8 Å². The van der Waals surface area contributed by atoms with Gasteiger partial charge in [0.15, 0.2) is 0 Å². The Labute approximate surface area is 168 Å². The molecule has 2 heterocycles. The van der Waals surface area contributed by atoms with Gasteiger partial charge >= 0.3 is 0 Å². The van der Waals surface area contributed by atoms with E-state index in [0.29, 0.717) is 30.2 Å². The maximum absolute atomic E-state index is 14.0. The van der Waals surface area contributed by atoms with Gasteiger partial charge in [-0.3, -0.25) is 0 Å². The highest BCUT2D eigenvalue weighted by molar-refractivity contribution is 7.88. The zero-order valence-electron chi connectivity index (χ0n) is 16.0. The lowest BCUT2D eigenvalue weighted by molar-refractivity contribution is 0.0585. The summed E-state index contributed by atoms with van der Waals surface area (Å²) in [4.78, 5) is 10.4. The van der Waals surface area contributed by atoms with Crippen LogP contribution in [0, 0.1) is 17.1 Å². The van der Waals surface area contributed by atoms with Gasteiger partial charge in [-0.15, -0.1) is 0 Å². The number of benzene rings is 1. The van der Waals surface area contributed by atoms with E-state index in [1.807, 2.05) is 11.8 Å². The number of nitrogen functional groups attached to an aromatic ring is 1. The highest BCUT2D eigenvalue weighted by Crippen LogP contribution is 2.30. The number of nitrogens with two attached hydrogens (primary N) is 1. The first kappa shape index (κ1) is 20.9. The number of morpholine rings is 1. The van der Waals surface area contributed by atoms with Crippen molar-refractivity contribution in [3.63, 3.8) is 0 Å². The van der Waals surface area contributed by atoms with E-state index in [1.54, 1.807) is 18.2 Å². The SMILES string of the molecule is C[C@@]1(CNS(C)(=O)=O)COCCN1c1cc(-c2ccc(C#N)c(F)c2)nc(N)n1. The van der Waals surface area contributed by atoms with Crippen molar-refractivity contribution in [2.24, 2.45) is 0 Å². The Morgan fingerprint density at radius 2 is 2.17 bits per heavy atom. The van der Waals surface area contributed by atoms with Gasteiger partial charge in [-0.25, -0.2) is 22.5 Å². The second kappa shape index (κ2) is 7.90. The minimum atomic E-state index is -3.40. The number of nitriles is 1. The van der Waals surface area contributed by atoms with Crippen LogP contribution in [-0.4, -0.2) is 56.5 Å². The lowest BCUT2D eigenvalue weighted by Gasteiger charge is -2.45. The van der Waals surface area contributed by atoms with Crippen LogP contribution in [0.15, 0.2) is 24.3 Å². The van der Waals surface area contributed by atoms with Gasteiger partial charge in [0.2, 0.25) is 16.0 Å². The third-order valence-corrected chi connectivity index (χ3v) is 5.30. The average molecular weight is 420 g/mol. The second-order valence-corrected chi connectivity index (χ2v) is 8.90. The molecule has 1 saturated heterocycles. The third-order valence-electron chi connectivity index (χ3n) is 4.63. The Bertz CT molecular complexity index is 1070. The molecular weight excluding hydrogens is 399 g/mol. The van der Waals surface area contributed by atoms with E-state index in [9.17, 15) is 12.8 Å². The number of hydrogen-bond donors (Lipinski definition) is 2. The summed E-state index contributed by atoms with van der Waals surface area (Å²) in [5, 5.41) is 8.90. The van der Waals surface area contributed by atoms with Crippen molar-refractivity contribution in [2.75, 3.05) is 43.2 Å². The van der Waals surface area contributed by atoms with E-state index in [0.717, 1.165) is 6.26 Å². The fourth-order valence-electron chi connectivity index (χ4n) is 3.12. The summed E-state index contributed by atoms with van der Waals surface area (Å²) in [5.41, 5.74) is 5.95. The Kier molecular flexibility index (Phi) is 5.70. The molecule has 1 aromatic heterocycles. The van der Waals surface area contributed by atoms with Crippen molar-refractivity contribution in [2.45, 2.75) is 12.5 Å². The molecular formula is C18H21FN6O3S. The van der Waals surface area contributed by atoms with Gasteiger partial charge in [-0.1, -0.05) is 6.07 Å². The van der Waals surface area contributed by atoms with Crippen molar-refractivity contribution < 1.29 is 17.5 Å². The van der Waals surface area contributed by atoms with Crippen LogP contribution in [0.3, 0.4) is 0 Å². The molecule has 3 N–H and O–H groups in total. The lowest BCUT2D eigenvalue weighted by atomic mass is 9.99. The number of hydrogen-bond acceptors (Lipinski definition) is 8. The molecule has 0 bridgehead atoms. The zero-order chi connectivity index (χ0) is 21.2. The topological polar surface area (TPSA) is 134 Å². The van der Waals surface area contributed by atoms with Crippen molar-refractivity contribution in [1.82, 2.24) is 14.7 Å². The molecule has 0 radical (unpaired) electrons. The van der Waals surface area contributed by atoms with E-state index < -0.39 is 21.4 Å². The number of aromatic nitrogens is 2. The Morgan fingerprint density at radius 1 is 1.41 bits per heavy atom. The molecule has 0 unspecified atom stereocenters. The number of nitrogens with one attached hydrogen (secondary N) is 1. The fraction of sp³-hybridized carbons (Fsp3) is 0.389. The van der Waals surface area contributed by atoms with Gasteiger partial charge in [0, 0.05) is 24.7 Å². The summed E-state index contributed by atoms with van der Waals surface area (Å²) in [6.45, 7) is 3.12. The molecule has 0 spiro atoms. The van der Waals surface area contributed by atoms with E-state index in [-0.39, 0.29) is 24.7 Å². The van der Waals surface area contributed by atoms with Gasteiger partial charge in [0.1, 0.15) is 17.7 Å². The number of halogens is 1. The first-order valence-corrected chi connectivity index (χ1v) is 10.6. The maximum Gasteiger partial charge on any atom is 0.222 e. The second-order valence-electron chi connectivity index (χ2n) is 7.07. The highest BCUT2D eigenvalue weighted by Gasteiger charge is 2.37. The predicted octanol–water partition coefficient (Wildman–Crippen LogP) is 0.881. The van der Waals surface area contributed by atoms with E-state index in [2.05, 4.69) is 14.7 Å². The summed E-state index contributed by atoms with van der Waals surface area (Å²) < 4.78 is 45.2. The van der Waals surface area contributed by atoms with Crippen LogP contribution in [0.5, 0.6) is 0 Å². The quantitative estimate of drug-likeness (QED) is 0.728. The number of nitrogens with zero attached hydrogens (tertiary/aromatic N) is 4. The molecule has 1 atom stereocenters. The minimum Gasteiger partial charge on any atom is -0.377 e. The molecule has 29 heavy (non-hydrogen) atoms. The normalized spacial score (nSPS) is 19.7. The fourth-order valence-corrected chi connectivity index (χ4v) is 3.70. The van der Waals surface area contributed by atoms with Crippen molar-refractivity contribution in [1.29, 1.82) is 5.26 Å². The van der Waals surface area contributed by atoms with Gasteiger partial charge in [-0.05, 0) is 19.1 Å². The van der Waals surface area contributed by atoms with E-state index in [4.69, 9.17) is 15.7 Å². The van der Waals surface area contributed by atoms with Crippen LogP contribution in [-0.2, 0) is 14.8 Å². The zero-order valence-corrected chi connectivity index (χ0v) is 16.8. The predicted molar refractivity (Wildman–Crippen MR) is 106 cm³/mol. The number of anilines is 2. The Balaban J connectivity index is 1.99. The first-order chi connectivity index (χ1) is 13.6. The molecule has 2 aromatic rings. The Hall–Kier alpha value is -2.81. The molecule has 1 aromatic carbocycles. The highest BCUT2D eigenvalue weighted by atomic mass is 32.2. The lowest BCUT2D eigenvalue weighted by Crippen LogP contribution is -2.61. The maximum atomic E-state index is 14.0. The molecule has 0 saturated carbocycles. The van der Waals surface area contributed by atoms with E-state index in [1.165, 1.54) is 12.1 Å². The standard InChI is InChI=1S/C18H21FN6O3S/c1-18(10-22-29(2,26)27)11-28-6-5-25(18)16-8-15(23-17(21)24-16)12-3-4-13(9-20)14(19)7-12/h3-4,7-8,22H,5-6,10-11H2,1-2H3,(H2,21,23,24)/t18-/m1/s1. The molecule has 1 aliphatic rings. The van der Waals surface area contributed by atoms with Crippen LogP contribution in [0.4, 0.5) is 16.2 Å². The molecule has 9 nitrogen and oxygen atoms in total. The molecule has 3 rings (SSSR count). The van der Waals surface area contributed by atoms with Crippen LogP contribution < -0.4 is 15.4 Å². The van der Waals surface area contributed by atoms with Crippen LogP contribution >= 0.6 is 0 Å². The molecule has 154 valence electrons. The van der Waals surface area contributed by atoms with Crippen LogP contribution in [0.2, 0.25) is 0 Å². The average Bonchev–Trinajstić information content (AvgIpc) is 2.66. The monoisotopic (exact) mass is 420 g/mol. The Morgan fingerprint density at radius 3 is 2.83 bits per heavy atom. The van der Waals surface area contributed by atoms with Gasteiger partial charge in [0.05, 0.1) is 36.3 Å². The van der Waals surface area contributed by atoms with Gasteiger partial charge < -0.3 is 15.4 Å². The minimum absolute atomic E-state index is 0.00724.